The molecule has 0 radical (unpaired) electrons. The molecule has 1 aromatic rings. The molecule has 0 aliphatic rings. The molecule has 7 heteroatoms. The summed E-state index contributed by atoms with van der Waals surface area (Å²) >= 11 is 0. The topological polar surface area (TPSA) is 62.4 Å². The average Bonchev–Trinajstić information content (AvgIpc) is 2.45. The largest absolute Gasteiger partial charge is 0.488 e. The van der Waals surface area contributed by atoms with Crippen molar-refractivity contribution < 1.29 is 22.7 Å². The normalized spacial score (nSPS) is 12.2. The number of halogens is 3. The molecule has 1 aromatic carbocycles. The predicted octanol–water partition coefficient (Wildman–Crippen LogP) is 2.94. The van der Waals surface area contributed by atoms with Gasteiger partial charge in [0.05, 0.1) is 11.1 Å². The zero-order valence-electron chi connectivity index (χ0n) is 11.0. The third kappa shape index (κ3) is 4.76. The molecule has 0 fully saturated rings. The van der Waals surface area contributed by atoms with E-state index in [4.69, 9.17) is 10.00 Å². The Morgan fingerprint density at radius 2 is 2.19 bits per heavy atom. The molecule has 0 N–H and O–H groups in total. The Labute approximate surface area is 119 Å². The predicted molar refractivity (Wildman–Crippen MR) is 70.6 cm³/mol. The fourth-order valence-corrected chi connectivity index (χ4v) is 1.44. The molecule has 0 aromatic heterocycles. The number of nitriles is 1. The van der Waals surface area contributed by atoms with Crippen molar-refractivity contribution in [2.75, 3.05) is 13.7 Å². The lowest BCUT2D eigenvalue weighted by Crippen LogP contribution is -2.14. The Hall–Kier alpha value is -2.62. The number of hydrogen-bond acceptors (Lipinski definition) is 4. The van der Waals surface area contributed by atoms with E-state index in [1.807, 2.05) is 6.07 Å². The van der Waals surface area contributed by atoms with Crippen molar-refractivity contribution in [1.82, 2.24) is 0 Å². The van der Waals surface area contributed by atoms with E-state index in [1.165, 1.54) is 25.2 Å². The van der Waals surface area contributed by atoms with E-state index in [2.05, 4.69) is 4.99 Å². The zero-order valence-corrected chi connectivity index (χ0v) is 11.0. The Kier molecular flexibility index (Phi) is 5.67. The second-order valence-corrected chi connectivity index (χ2v) is 3.84. The Bertz CT molecular complexity index is 614. The highest BCUT2D eigenvalue weighted by molar-refractivity contribution is 5.80. The quantitative estimate of drug-likeness (QED) is 0.620. The second kappa shape index (κ2) is 7.24. The highest BCUT2D eigenvalue weighted by Crippen LogP contribution is 2.24. The number of allylic oxidation sites excluding steroid dienone is 1. The van der Waals surface area contributed by atoms with Gasteiger partial charge in [-0.15, -0.1) is 0 Å². The van der Waals surface area contributed by atoms with Crippen molar-refractivity contribution in [2.24, 2.45) is 4.99 Å². The van der Waals surface area contributed by atoms with Crippen molar-refractivity contribution in [1.29, 1.82) is 5.26 Å². The first-order chi connectivity index (χ1) is 9.92. The highest BCUT2D eigenvalue weighted by atomic mass is 19.4. The van der Waals surface area contributed by atoms with Crippen LogP contribution >= 0.6 is 0 Å². The summed E-state index contributed by atoms with van der Waals surface area (Å²) in [7, 11) is 1.23. The molecule has 0 heterocycles. The van der Waals surface area contributed by atoms with Gasteiger partial charge in [-0.3, -0.25) is 9.79 Å². The maximum atomic E-state index is 12.6. The number of benzene rings is 1. The third-order valence-electron chi connectivity index (χ3n) is 2.40. The molecule has 1 rings (SSSR count). The summed E-state index contributed by atoms with van der Waals surface area (Å²) in [6, 6.07) is 5.87. The van der Waals surface area contributed by atoms with Gasteiger partial charge in [-0.2, -0.15) is 18.4 Å². The van der Waals surface area contributed by atoms with E-state index in [0.29, 0.717) is 12.5 Å². The van der Waals surface area contributed by atoms with Gasteiger partial charge < -0.3 is 4.74 Å². The number of nitrogens with zero attached hydrogens (tertiary/aromatic N) is 2. The molecule has 0 aliphatic heterocycles. The molecule has 0 bridgehead atoms. The van der Waals surface area contributed by atoms with E-state index in [0.717, 1.165) is 6.08 Å². The number of alkyl halides is 3. The Morgan fingerprint density at radius 1 is 1.48 bits per heavy atom. The van der Waals surface area contributed by atoms with E-state index in [9.17, 15) is 18.0 Å². The maximum Gasteiger partial charge on any atom is 0.417 e. The summed E-state index contributed by atoms with van der Waals surface area (Å²) in [5.74, 6) is 0.106. The van der Waals surface area contributed by atoms with Gasteiger partial charge in [0.25, 0.3) is 0 Å². The summed E-state index contributed by atoms with van der Waals surface area (Å²) < 4.78 is 42.8. The van der Waals surface area contributed by atoms with Crippen molar-refractivity contribution in [3.8, 4) is 11.8 Å². The summed E-state index contributed by atoms with van der Waals surface area (Å²) in [4.78, 5) is 13.9. The van der Waals surface area contributed by atoms with Gasteiger partial charge in [-0.05, 0) is 24.3 Å². The minimum Gasteiger partial charge on any atom is -0.488 e. The van der Waals surface area contributed by atoms with Crippen LogP contribution in [0.4, 0.5) is 13.2 Å². The first-order valence-electron chi connectivity index (χ1n) is 5.74. The van der Waals surface area contributed by atoms with Crippen LogP contribution in [0.1, 0.15) is 15.9 Å². The number of ether oxygens (including phenoxy) is 1. The maximum absolute atomic E-state index is 12.6. The van der Waals surface area contributed by atoms with E-state index >= 15 is 0 Å². The van der Waals surface area contributed by atoms with Crippen LogP contribution in [0, 0.1) is 11.3 Å². The van der Waals surface area contributed by atoms with Gasteiger partial charge in [0.1, 0.15) is 24.7 Å². The Balaban J connectivity index is 2.89. The van der Waals surface area contributed by atoms with Crippen LogP contribution in [0.2, 0.25) is 0 Å². The van der Waals surface area contributed by atoms with Crippen LogP contribution in [0.3, 0.4) is 0 Å². The molecule has 0 amide bonds. The summed E-state index contributed by atoms with van der Waals surface area (Å²) in [6.45, 7) is -0.379. The summed E-state index contributed by atoms with van der Waals surface area (Å²) in [6.07, 6.45) is -2.46. The van der Waals surface area contributed by atoms with Gasteiger partial charge in [0.2, 0.25) is 0 Å². The lowest BCUT2D eigenvalue weighted by Gasteiger charge is -2.09. The molecule has 4 nitrogen and oxygen atoms in total. The first kappa shape index (κ1) is 16.4. The number of aliphatic imine (C=N–C) groups is 1. The van der Waals surface area contributed by atoms with Crippen molar-refractivity contribution >= 4 is 12.5 Å². The van der Waals surface area contributed by atoms with E-state index < -0.39 is 11.7 Å². The summed E-state index contributed by atoms with van der Waals surface area (Å²) in [5.41, 5.74) is -0.581. The van der Waals surface area contributed by atoms with Crippen LogP contribution < -0.4 is 4.74 Å². The Morgan fingerprint density at radius 3 is 2.71 bits per heavy atom. The van der Waals surface area contributed by atoms with Crippen LogP contribution in [-0.4, -0.2) is 32.3 Å². The smallest absolute Gasteiger partial charge is 0.417 e. The lowest BCUT2D eigenvalue weighted by atomic mass is 10.1. The number of carbonyl (C=O) groups excluding carboxylic acids is 1. The molecule has 110 valence electrons. The molecule has 0 aliphatic carbocycles. The molecular weight excluding hydrogens is 285 g/mol. The minimum atomic E-state index is -4.53. The second-order valence-electron chi connectivity index (χ2n) is 3.84. The fraction of sp³-hybridized carbons (Fsp3) is 0.214. The minimum absolute atomic E-state index is 0.0747. The van der Waals surface area contributed by atoms with Crippen LogP contribution in [0.25, 0.3) is 0 Å². The van der Waals surface area contributed by atoms with Crippen LogP contribution in [0.5, 0.6) is 5.75 Å². The average molecular weight is 296 g/mol. The molecular formula is C14H11F3N2O2. The third-order valence-corrected chi connectivity index (χ3v) is 2.40. The molecule has 0 unspecified atom stereocenters. The molecule has 21 heavy (non-hydrogen) atoms. The van der Waals surface area contributed by atoms with Crippen LogP contribution in [0.15, 0.2) is 34.8 Å². The standard InChI is InChI=1S/C14H11F3N2O2/c1-19-8-12(14(15,16)17)4-5-21-13-3-2-10(9-20)6-11(13)7-18/h2-4,6,8-9H,5H2,1H3/b12-4+,19-8?. The highest BCUT2D eigenvalue weighted by Gasteiger charge is 2.32. The number of rotatable bonds is 5. The molecule has 0 saturated heterocycles. The monoisotopic (exact) mass is 296 g/mol. The van der Waals surface area contributed by atoms with Crippen molar-refractivity contribution in [3.05, 3.63) is 41.0 Å². The van der Waals surface area contributed by atoms with Crippen molar-refractivity contribution in [3.63, 3.8) is 0 Å². The van der Waals surface area contributed by atoms with Gasteiger partial charge in [0.15, 0.2) is 0 Å². The van der Waals surface area contributed by atoms with Gasteiger partial charge in [0, 0.05) is 18.8 Å². The number of aldehydes is 1. The summed E-state index contributed by atoms with van der Waals surface area (Å²) in [5, 5.41) is 8.90. The van der Waals surface area contributed by atoms with Gasteiger partial charge in [-0.1, -0.05) is 0 Å². The molecule has 0 atom stereocenters. The van der Waals surface area contributed by atoms with Gasteiger partial charge in [-0.25, -0.2) is 0 Å². The van der Waals surface area contributed by atoms with E-state index in [-0.39, 0.29) is 23.5 Å². The number of hydrogen-bond donors (Lipinski definition) is 0. The van der Waals surface area contributed by atoms with Gasteiger partial charge >= 0.3 is 6.18 Å². The van der Waals surface area contributed by atoms with Crippen molar-refractivity contribution in [2.45, 2.75) is 6.18 Å². The van der Waals surface area contributed by atoms with Crippen LogP contribution in [-0.2, 0) is 0 Å². The lowest BCUT2D eigenvalue weighted by molar-refractivity contribution is -0.0859. The number of carbonyl (C=O) groups is 1. The van der Waals surface area contributed by atoms with E-state index in [1.54, 1.807) is 0 Å². The molecule has 0 spiro atoms. The SMILES string of the molecule is CN=C/C(=C\COc1ccc(C=O)cc1C#N)C(F)(F)F. The fourth-order valence-electron chi connectivity index (χ4n) is 1.44. The first-order valence-corrected chi connectivity index (χ1v) is 5.74. The molecule has 0 saturated carbocycles. The zero-order chi connectivity index (χ0) is 15.9.